The zero-order valence-corrected chi connectivity index (χ0v) is 12.7. The van der Waals surface area contributed by atoms with Gasteiger partial charge in [0.25, 0.3) is 0 Å². The van der Waals surface area contributed by atoms with Gasteiger partial charge < -0.3 is 15.0 Å². The van der Waals surface area contributed by atoms with Gasteiger partial charge in [-0.05, 0) is 33.6 Å². The van der Waals surface area contributed by atoms with E-state index in [1.807, 2.05) is 20.8 Å². The van der Waals surface area contributed by atoms with E-state index in [4.69, 9.17) is 4.74 Å². The van der Waals surface area contributed by atoms with E-state index in [2.05, 4.69) is 5.32 Å². The Labute approximate surface area is 115 Å². The lowest BCUT2D eigenvalue weighted by molar-refractivity contribution is -0.138. The third kappa shape index (κ3) is 3.93. The van der Waals surface area contributed by atoms with Crippen molar-refractivity contribution in [3.63, 3.8) is 0 Å². The van der Waals surface area contributed by atoms with Gasteiger partial charge in [-0.2, -0.15) is 0 Å². The fourth-order valence-electron chi connectivity index (χ4n) is 2.07. The van der Waals surface area contributed by atoms with E-state index in [9.17, 15) is 9.59 Å². The minimum absolute atomic E-state index is 0.00718. The van der Waals surface area contributed by atoms with Gasteiger partial charge in [-0.25, -0.2) is 0 Å². The fourth-order valence-corrected chi connectivity index (χ4v) is 2.07. The molecule has 1 rings (SSSR count). The highest BCUT2D eigenvalue weighted by Crippen LogP contribution is 2.20. The molecule has 1 N–H and O–H groups in total. The second-order valence-electron chi connectivity index (χ2n) is 5.99. The summed E-state index contributed by atoms with van der Waals surface area (Å²) >= 11 is 0. The van der Waals surface area contributed by atoms with Gasteiger partial charge in [-0.15, -0.1) is 0 Å². The van der Waals surface area contributed by atoms with Gasteiger partial charge in [0.05, 0.1) is 5.60 Å². The van der Waals surface area contributed by atoms with Gasteiger partial charge in [-0.3, -0.25) is 9.59 Å². The van der Waals surface area contributed by atoms with Crippen LogP contribution in [0.2, 0.25) is 0 Å². The van der Waals surface area contributed by atoms with Crippen LogP contribution in [0.15, 0.2) is 0 Å². The summed E-state index contributed by atoms with van der Waals surface area (Å²) in [5.41, 5.74) is -1.03. The van der Waals surface area contributed by atoms with Gasteiger partial charge in [0, 0.05) is 26.6 Å². The number of carbonyl (C=O) groups excluding carboxylic acids is 2. The number of nitrogens with zero attached hydrogens (tertiary/aromatic N) is 1. The van der Waals surface area contributed by atoms with Crippen LogP contribution in [0.25, 0.3) is 0 Å². The van der Waals surface area contributed by atoms with Gasteiger partial charge in [0.15, 0.2) is 0 Å². The molecule has 1 heterocycles. The summed E-state index contributed by atoms with van der Waals surface area (Å²) in [7, 11) is 1.67. The summed E-state index contributed by atoms with van der Waals surface area (Å²) in [4.78, 5) is 26.0. The van der Waals surface area contributed by atoms with E-state index in [1.54, 1.807) is 18.9 Å². The zero-order chi connectivity index (χ0) is 14.7. The third-order valence-corrected chi connectivity index (χ3v) is 4.03. The summed E-state index contributed by atoms with van der Waals surface area (Å²) in [5.74, 6) is -0.0426. The predicted molar refractivity (Wildman–Crippen MR) is 73.7 cm³/mol. The molecular weight excluding hydrogens is 244 g/mol. The van der Waals surface area contributed by atoms with E-state index in [0.29, 0.717) is 25.9 Å². The lowest BCUT2D eigenvalue weighted by Crippen LogP contribution is -2.55. The van der Waals surface area contributed by atoms with Crippen molar-refractivity contribution in [1.82, 2.24) is 10.2 Å². The average Bonchev–Trinajstić information content (AvgIpc) is 2.47. The van der Waals surface area contributed by atoms with Crippen molar-refractivity contribution >= 4 is 11.8 Å². The summed E-state index contributed by atoms with van der Waals surface area (Å²) in [6.45, 7) is 8.81. The average molecular weight is 270 g/mol. The summed E-state index contributed by atoms with van der Waals surface area (Å²) in [5, 5.41) is 2.83. The SMILES string of the molecule is CCC1(C)NC(=O)CCN(CCC(C)(C)OC)C1=O. The number of amides is 2. The molecular formula is C14H26N2O3. The maximum absolute atomic E-state index is 12.5. The number of ether oxygens (including phenoxy) is 1. The molecule has 0 aromatic rings. The first kappa shape index (κ1) is 16.0. The standard InChI is InChI=1S/C14H26N2O3/c1-6-14(4)12(18)16(9-7-11(17)15-14)10-8-13(2,3)19-5/h6-10H2,1-5H3,(H,15,17). The Bertz CT molecular complexity index is 355. The summed E-state index contributed by atoms with van der Waals surface area (Å²) < 4.78 is 5.37. The summed E-state index contributed by atoms with van der Waals surface area (Å²) in [6.07, 6.45) is 1.72. The highest BCUT2D eigenvalue weighted by atomic mass is 16.5. The predicted octanol–water partition coefficient (Wildman–Crippen LogP) is 1.32. The fraction of sp³-hybridized carbons (Fsp3) is 0.857. The zero-order valence-electron chi connectivity index (χ0n) is 12.7. The molecule has 19 heavy (non-hydrogen) atoms. The Morgan fingerprint density at radius 1 is 1.42 bits per heavy atom. The molecule has 0 aliphatic carbocycles. The van der Waals surface area contributed by atoms with E-state index in [-0.39, 0.29) is 17.4 Å². The molecule has 5 nitrogen and oxygen atoms in total. The molecule has 1 unspecified atom stereocenters. The first-order chi connectivity index (χ1) is 8.74. The molecule has 1 atom stereocenters. The van der Waals surface area contributed by atoms with Gasteiger partial charge in [-0.1, -0.05) is 6.92 Å². The van der Waals surface area contributed by atoms with Gasteiger partial charge >= 0.3 is 0 Å². The molecule has 0 radical (unpaired) electrons. The number of hydrogen-bond acceptors (Lipinski definition) is 3. The number of carbonyl (C=O) groups is 2. The highest BCUT2D eigenvalue weighted by Gasteiger charge is 2.39. The van der Waals surface area contributed by atoms with Gasteiger partial charge in [0.2, 0.25) is 11.8 Å². The van der Waals surface area contributed by atoms with Crippen LogP contribution in [0, 0.1) is 0 Å². The van der Waals surface area contributed by atoms with Crippen molar-refractivity contribution in [3.8, 4) is 0 Å². The van der Waals surface area contributed by atoms with Crippen LogP contribution in [0.1, 0.15) is 47.0 Å². The molecule has 1 aliphatic heterocycles. The third-order valence-electron chi connectivity index (χ3n) is 4.03. The van der Waals surface area contributed by atoms with Crippen molar-refractivity contribution in [2.24, 2.45) is 0 Å². The molecule has 5 heteroatoms. The van der Waals surface area contributed by atoms with Crippen molar-refractivity contribution in [3.05, 3.63) is 0 Å². The second kappa shape index (κ2) is 5.90. The Kier molecular flexibility index (Phi) is 4.96. The first-order valence-electron chi connectivity index (χ1n) is 6.89. The quantitative estimate of drug-likeness (QED) is 0.819. The minimum atomic E-state index is -0.773. The van der Waals surface area contributed by atoms with E-state index >= 15 is 0 Å². The number of hydrogen-bond donors (Lipinski definition) is 1. The van der Waals surface area contributed by atoms with Crippen LogP contribution >= 0.6 is 0 Å². The first-order valence-corrected chi connectivity index (χ1v) is 6.89. The van der Waals surface area contributed by atoms with E-state index in [1.165, 1.54) is 0 Å². The monoisotopic (exact) mass is 270 g/mol. The Balaban J connectivity index is 2.77. The van der Waals surface area contributed by atoms with Crippen LogP contribution in [-0.4, -0.2) is 48.1 Å². The number of methoxy groups -OCH3 is 1. The number of nitrogens with one attached hydrogen (secondary N) is 1. The summed E-state index contributed by atoms with van der Waals surface area (Å²) in [6, 6.07) is 0. The molecule has 0 spiro atoms. The van der Waals surface area contributed by atoms with Crippen LogP contribution in [0.5, 0.6) is 0 Å². The smallest absolute Gasteiger partial charge is 0.248 e. The highest BCUT2D eigenvalue weighted by molar-refractivity contribution is 5.93. The van der Waals surface area contributed by atoms with E-state index in [0.717, 1.165) is 6.42 Å². The molecule has 0 aromatic heterocycles. The molecule has 0 bridgehead atoms. The molecule has 2 amide bonds. The lowest BCUT2D eigenvalue weighted by Gasteiger charge is -2.33. The second-order valence-corrected chi connectivity index (χ2v) is 5.99. The van der Waals surface area contributed by atoms with Crippen LogP contribution < -0.4 is 5.32 Å². The lowest BCUT2D eigenvalue weighted by atomic mass is 9.96. The van der Waals surface area contributed by atoms with E-state index < -0.39 is 5.54 Å². The molecule has 1 fully saturated rings. The molecule has 0 aromatic carbocycles. The van der Waals surface area contributed by atoms with Crippen molar-refractivity contribution in [2.75, 3.05) is 20.2 Å². The topological polar surface area (TPSA) is 58.6 Å². The molecule has 0 saturated carbocycles. The van der Waals surface area contributed by atoms with Crippen LogP contribution in [0.3, 0.4) is 0 Å². The Hall–Kier alpha value is -1.10. The Morgan fingerprint density at radius 2 is 2.05 bits per heavy atom. The van der Waals surface area contributed by atoms with Gasteiger partial charge in [0.1, 0.15) is 5.54 Å². The Morgan fingerprint density at radius 3 is 2.58 bits per heavy atom. The maximum atomic E-state index is 12.5. The maximum Gasteiger partial charge on any atom is 0.248 e. The van der Waals surface area contributed by atoms with Crippen LogP contribution in [0.4, 0.5) is 0 Å². The van der Waals surface area contributed by atoms with Crippen molar-refractivity contribution in [1.29, 1.82) is 0 Å². The largest absolute Gasteiger partial charge is 0.379 e. The molecule has 110 valence electrons. The molecule has 1 saturated heterocycles. The minimum Gasteiger partial charge on any atom is -0.379 e. The molecule has 1 aliphatic rings. The van der Waals surface area contributed by atoms with Crippen LogP contribution in [-0.2, 0) is 14.3 Å². The normalized spacial score (nSPS) is 25.2. The van der Waals surface area contributed by atoms with Crippen molar-refractivity contribution < 1.29 is 14.3 Å². The van der Waals surface area contributed by atoms with Crippen molar-refractivity contribution in [2.45, 2.75) is 58.1 Å². The number of rotatable bonds is 5.